The summed E-state index contributed by atoms with van der Waals surface area (Å²) in [5, 5.41) is 3.63. The van der Waals surface area contributed by atoms with Crippen molar-refractivity contribution in [3.63, 3.8) is 0 Å². The third kappa shape index (κ3) is 3.19. The molecule has 2 aliphatic heterocycles. The second-order valence-corrected chi connectivity index (χ2v) is 6.18. The van der Waals surface area contributed by atoms with Crippen LogP contribution >= 0.6 is 0 Å². The Labute approximate surface area is 99.5 Å². The molecule has 2 aliphatic rings. The van der Waals surface area contributed by atoms with Gasteiger partial charge in [-0.05, 0) is 46.6 Å². The molecule has 0 saturated carbocycles. The third-order valence-corrected chi connectivity index (χ3v) is 3.67. The zero-order valence-electron chi connectivity index (χ0n) is 11.0. The molecule has 2 heterocycles. The van der Waals surface area contributed by atoms with Gasteiger partial charge in [0.1, 0.15) is 0 Å². The van der Waals surface area contributed by atoms with E-state index in [0.29, 0.717) is 6.04 Å². The maximum absolute atomic E-state index is 5.50. The molecule has 16 heavy (non-hydrogen) atoms. The molecule has 2 atom stereocenters. The molecule has 3 nitrogen and oxygen atoms in total. The minimum Gasteiger partial charge on any atom is -0.380 e. The summed E-state index contributed by atoms with van der Waals surface area (Å²) in [5.74, 6) is 0. The molecule has 0 spiro atoms. The fraction of sp³-hybridized carbons (Fsp3) is 1.00. The molecule has 0 aromatic rings. The molecule has 0 radical (unpaired) electrons. The summed E-state index contributed by atoms with van der Waals surface area (Å²) >= 11 is 0. The smallest absolute Gasteiger partial charge is 0.0622 e. The summed E-state index contributed by atoms with van der Waals surface area (Å²) in [6.45, 7) is 11.0. The first-order chi connectivity index (χ1) is 7.56. The molecule has 0 aromatic heterocycles. The Kier molecular flexibility index (Phi) is 3.88. The van der Waals surface area contributed by atoms with Crippen LogP contribution < -0.4 is 5.32 Å². The number of nitrogens with zero attached hydrogens (tertiary/aromatic N) is 1. The highest BCUT2D eigenvalue weighted by atomic mass is 16.5. The van der Waals surface area contributed by atoms with Crippen LogP contribution in [0, 0.1) is 0 Å². The zero-order valence-corrected chi connectivity index (χ0v) is 11.0. The van der Waals surface area contributed by atoms with Crippen molar-refractivity contribution in [2.75, 3.05) is 26.3 Å². The van der Waals surface area contributed by atoms with E-state index in [2.05, 4.69) is 31.0 Å². The highest BCUT2D eigenvalue weighted by molar-refractivity contribution is 4.89. The van der Waals surface area contributed by atoms with Gasteiger partial charge in [0.05, 0.1) is 6.61 Å². The van der Waals surface area contributed by atoms with Crippen LogP contribution in [-0.2, 0) is 4.74 Å². The van der Waals surface area contributed by atoms with Crippen LogP contribution in [-0.4, -0.2) is 48.8 Å². The summed E-state index contributed by atoms with van der Waals surface area (Å²) in [5.41, 5.74) is 0.237. The van der Waals surface area contributed by atoms with Crippen molar-refractivity contribution >= 4 is 0 Å². The van der Waals surface area contributed by atoms with Gasteiger partial charge in [0.2, 0.25) is 0 Å². The van der Waals surface area contributed by atoms with Crippen LogP contribution in [0.1, 0.15) is 40.0 Å². The van der Waals surface area contributed by atoms with Crippen LogP contribution in [0.2, 0.25) is 0 Å². The van der Waals surface area contributed by atoms with Gasteiger partial charge < -0.3 is 10.1 Å². The van der Waals surface area contributed by atoms with Gasteiger partial charge >= 0.3 is 0 Å². The topological polar surface area (TPSA) is 24.5 Å². The summed E-state index contributed by atoms with van der Waals surface area (Å²) in [6, 6.07) is 1.42. The van der Waals surface area contributed by atoms with Crippen LogP contribution in [0.15, 0.2) is 0 Å². The van der Waals surface area contributed by atoms with E-state index in [1.54, 1.807) is 0 Å². The second-order valence-electron chi connectivity index (χ2n) is 6.18. The Hall–Kier alpha value is -0.120. The van der Waals surface area contributed by atoms with Gasteiger partial charge in [0.25, 0.3) is 0 Å². The number of hydrogen-bond acceptors (Lipinski definition) is 3. The van der Waals surface area contributed by atoms with E-state index in [4.69, 9.17) is 4.74 Å². The third-order valence-electron chi connectivity index (χ3n) is 3.67. The fourth-order valence-corrected chi connectivity index (χ4v) is 2.77. The summed E-state index contributed by atoms with van der Waals surface area (Å²) in [4.78, 5) is 2.67. The molecule has 0 aromatic carbocycles. The minimum atomic E-state index is 0.237. The normalized spacial score (nSPS) is 32.4. The highest BCUT2D eigenvalue weighted by Crippen LogP contribution is 2.24. The van der Waals surface area contributed by atoms with Crippen molar-refractivity contribution in [3.05, 3.63) is 0 Å². The lowest BCUT2D eigenvalue weighted by atomic mass is 10.1. The molecule has 2 unspecified atom stereocenters. The van der Waals surface area contributed by atoms with Gasteiger partial charge in [0, 0.05) is 30.8 Å². The molecule has 3 heteroatoms. The van der Waals surface area contributed by atoms with Gasteiger partial charge in [0.15, 0.2) is 0 Å². The summed E-state index contributed by atoms with van der Waals surface area (Å²) in [6.07, 6.45) is 3.93. The molecular formula is C13H26N2O. The number of rotatable bonds is 3. The van der Waals surface area contributed by atoms with Gasteiger partial charge in [-0.15, -0.1) is 0 Å². The molecular weight excluding hydrogens is 200 g/mol. The van der Waals surface area contributed by atoms with E-state index in [1.807, 2.05) is 0 Å². The van der Waals surface area contributed by atoms with Crippen molar-refractivity contribution in [2.24, 2.45) is 0 Å². The van der Waals surface area contributed by atoms with Gasteiger partial charge in [-0.3, -0.25) is 4.90 Å². The summed E-state index contributed by atoms with van der Waals surface area (Å²) < 4.78 is 5.50. The SMILES string of the molecule is CC(C)(C)NCC1CCCN1C1CCOC1. The predicted molar refractivity (Wildman–Crippen MR) is 66.7 cm³/mol. The fourth-order valence-electron chi connectivity index (χ4n) is 2.77. The van der Waals surface area contributed by atoms with Crippen LogP contribution in [0.25, 0.3) is 0 Å². The lowest BCUT2D eigenvalue weighted by molar-refractivity contribution is 0.131. The van der Waals surface area contributed by atoms with E-state index in [1.165, 1.54) is 25.8 Å². The second kappa shape index (κ2) is 5.03. The molecule has 1 N–H and O–H groups in total. The molecule has 0 aliphatic carbocycles. The van der Waals surface area contributed by atoms with E-state index in [-0.39, 0.29) is 5.54 Å². The standard InChI is InChI=1S/C13H26N2O/c1-13(2,3)14-9-11-5-4-7-15(11)12-6-8-16-10-12/h11-12,14H,4-10H2,1-3H3. The maximum atomic E-state index is 5.50. The molecule has 2 saturated heterocycles. The first-order valence-electron chi connectivity index (χ1n) is 6.65. The van der Waals surface area contributed by atoms with Crippen molar-refractivity contribution in [1.82, 2.24) is 10.2 Å². The molecule has 2 fully saturated rings. The molecule has 0 amide bonds. The molecule has 94 valence electrons. The zero-order chi connectivity index (χ0) is 11.6. The minimum absolute atomic E-state index is 0.237. The van der Waals surface area contributed by atoms with Crippen LogP contribution in [0.5, 0.6) is 0 Å². The first kappa shape index (κ1) is 12.3. The van der Waals surface area contributed by atoms with Crippen molar-refractivity contribution in [1.29, 1.82) is 0 Å². The van der Waals surface area contributed by atoms with Crippen LogP contribution in [0.4, 0.5) is 0 Å². The largest absolute Gasteiger partial charge is 0.380 e. The Morgan fingerprint density at radius 1 is 1.31 bits per heavy atom. The van der Waals surface area contributed by atoms with E-state index < -0.39 is 0 Å². The molecule has 2 rings (SSSR count). The Morgan fingerprint density at radius 3 is 2.75 bits per heavy atom. The van der Waals surface area contributed by atoms with Crippen molar-refractivity contribution in [2.45, 2.75) is 57.7 Å². The van der Waals surface area contributed by atoms with Gasteiger partial charge in [-0.2, -0.15) is 0 Å². The highest BCUT2D eigenvalue weighted by Gasteiger charge is 2.32. The average Bonchev–Trinajstić information content (AvgIpc) is 2.84. The lowest BCUT2D eigenvalue weighted by Crippen LogP contribution is -2.48. The molecule has 0 bridgehead atoms. The van der Waals surface area contributed by atoms with E-state index >= 15 is 0 Å². The van der Waals surface area contributed by atoms with Crippen molar-refractivity contribution in [3.8, 4) is 0 Å². The Morgan fingerprint density at radius 2 is 2.12 bits per heavy atom. The van der Waals surface area contributed by atoms with Crippen molar-refractivity contribution < 1.29 is 4.74 Å². The monoisotopic (exact) mass is 226 g/mol. The van der Waals surface area contributed by atoms with Gasteiger partial charge in [-0.25, -0.2) is 0 Å². The number of hydrogen-bond donors (Lipinski definition) is 1. The van der Waals surface area contributed by atoms with E-state index in [9.17, 15) is 0 Å². The quantitative estimate of drug-likeness (QED) is 0.791. The number of ether oxygens (including phenoxy) is 1. The van der Waals surface area contributed by atoms with Crippen LogP contribution in [0.3, 0.4) is 0 Å². The average molecular weight is 226 g/mol. The Bertz CT molecular complexity index is 218. The summed E-state index contributed by atoms with van der Waals surface area (Å²) in [7, 11) is 0. The van der Waals surface area contributed by atoms with Gasteiger partial charge in [-0.1, -0.05) is 0 Å². The number of likely N-dealkylation sites (tertiary alicyclic amines) is 1. The lowest BCUT2D eigenvalue weighted by Gasteiger charge is -2.32. The predicted octanol–water partition coefficient (Wildman–Crippen LogP) is 1.63. The number of nitrogens with one attached hydrogen (secondary N) is 1. The first-order valence-corrected chi connectivity index (χ1v) is 6.65. The van der Waals surface area contributed by atoms with E-state index in [0.717, 1.165) is 25.8 Å². The maximum Gasteiger partial charge on any atom is 0.0622 e. The Balaban J connectivity index is 1.83.